The van der Waals surface area contributed by atoms with Crippen LogP contribution >= 0.6 is 11.3 Å². The molecule has 80 valence electrons. The van der Waals surface area contributed by atoms with Crippen LogP contribution in [0.4, 0.5) is 0 Å². The summed E-state index contributed by atoms with van der Waals surface area (Å²) in [6, 6.07) is 1.99. The van der Waals surface area contributed by atoms with Gasteiger partial charge < -0.3 is 0 Å². The van der Waals surface area contributed by atoms with Gasteiger partial charge in [-0.05, 0) is 28.8 Å². The largest absolute Gasteiger partial charge is 0.267 e. The lowest BCUT2D eigenvalue weighted by Crippen LogP contribution is -2.18. The van der Waals surface area contributed by atoms with E-state index in [1.165, 1.54) is 0 Å². The summed E-state index contributed by atoms with van der Waals surface area (Å²) in [6.07, 6.45) is 2.21. The summed E-state index contributed by atoms with van der Waals surface area (Å²) in [5.74, 6) is 0. The van der Waals surface area contributed by atoms with Crippen molar-refractivity contribution in [3.8, 4) is 0 Å². The van der Waals surface area contributed by atoms with Gasteiger partial charge in [0, 0.05) is 6.42 Å². The highest BCUT2D eigenvalue weighted by molar-refractivity contribution is 7.86. The summed E-state index contributed by atoms with van der Waals surface area (Å²) in [7, 11) is -3.34. The van der Waals surface area contributed by atoms with Crippen LogP contribution in [-0.2, 0) is 20.7 Å². The number of thiophene rings is 1. The van der Waals surface area contributed by atoms with Crippen LogP contribution in [0.3, 0.4) is 0 Å². The van der Waals surface area contributed by atoms with E-state index < -0.39 is 10.1 Å². The van der Waals surface area contributed by atoms with Crippen molar-refractivity contribution in [2.75, 3.05) is 6.26 Å². The lowest BCUT2D eigenvalue weighted by atomic mass is 10.1. The van der Waals surface area contributed by atoms with Crippen molar-refractivity contribution in [1.82, 2.24) is 0 Å². The monoisotopic (exact) mass is 234 g/mol. The molecule has 3 nitrogen and oxygen atoms in total. The zero-order valence-corrected chi connectivity index (χ0v) is 9.90. The first kappa shape index (κ1) is 11.7. The molecule has 0 amide bonds. The Balaban J connectivity index is 2.56. The van der Waals surface area contributed by atoms with Crippen molar-refractivity contribution < 1.29 is 12.6 Å². The normalized spacial score (nSPS) is 14.1. The third kappa shape index (κ3) is 4.21. The van der Waals surface area contributed by atoms with E-state index in [0.717, 1.165) is 11.8 Å². The maximum absolute atomic E-state index is 10.9. The molecule has 0 aliphatic carbocycles. The fourth-order valence-corrected chi connectivity index (χ4v) is 2.55. The molecule has 5 heteroatoms. The Kier molecular flexibility index (Phi) is 4.10. The Bertz CT molecular complexity index is 353. The summed E-state index contributed by atoms with van der Waals surface area (Å²) in [6.45, 7) is 1.92. The fraction of sp³-hybridized carbons (Fsp3) is 0.556. The molecule has 0 saturated heterocycles. The molecule has 1 aromatic rings. The van der Waals surface area contributed by atoms with Gasteiger partial charge in [-0.1, -0.05) is 6.92 Å². The zero-order valence-electron chi connectivity index (χ0n) is 8.26. The molecule has 14 heavy (non-hydrogen) atoms. The maximum Gasteiger partial charge on any atom is 0.264 e. The van der Waals surface area contributed by atoms with Gasteiger partial charge in [0.1, 0.15) is 0 Å². The fourth-order valence-electron chi connectivity index (χ4n) is 1.17. The van der Waals surface area contributed by atoms with Crippen LogP contribution in [0.15, 0.2) is 16.8 Å². The predicted molar refractivity (Wildman–Crippen MR) is 58.0 cm³/mol. The van der Waals surface area contributed by atoms with Gasteiger partial charge in [-0.2, -0.15) is 19.8 Å². The van der Waals surface area contributed by atoms with E-state index in [4.69, 9.17) is 4.18 Å². The van der Waals surface area contributed by atoms with Crippen LogP contribution in [0, 0.1) is 0 Å². The topological polar surface area (TPSA) is 43.4 Å². The van der Waals surface area contributed by atoms with Crippen LogP contribution < -0.4 is 0 Å². The highest BCUT2D eigenvalue weighted by Crippen LogP contribution is 2.13. The highest BCUT2D eigenvalue weighted by atomic mass is 32.2. The maximum atomic E-state index is 10.9. The molecule has 1 unspecified atom stereocenters. The van der Waals surface area contributed by atoms with Gasteiger partial charge in [-0.3, -0.25) is 4.18 Å². The minimum absolute atomic E-state index is 0.236. The van der Waals surface area contributed by atoms with Gasteiger partial charge in [-0.15, -0.1) is 0 Å². The molecule has 0 aliphatic heterocycles. The van der Waals surface area contributed by atoms with Crippen LogP contribution in [0.2, 0.25) is 0 Å². The Labute approximate surface area is 88.8 Å². The van der Waals surface area contributed by atoms with E-state index in [-0.39, 0.29) is 6.10 Å². The predicted octanol–water partition coefficient (Wildman–Crippen LogP) is 2.05. The van der Waals surface area contributed by atoms with Crippen molar-refractivity contribution in [3.05, 3.63) is 22.4 Å². The summed E-state index contributed by atoms with van der Waals surface area (Å²) in [5, 5.41) is 3.98. The molecule has 1 aromatic heterocycles. The second-order valence-electron chi connectivity index (χ2n) is 3.17. The van der Waals surface area contributed by atoms with Gasteiger partial charge in [0.2, 0.25) is 0 Å². The Hall–Kier alpha value is -0.390. The molecule has 1 atom stereocenters. The van der Waals surface area contributed by atoms with E-state index in [9.17, 15) is 8.42 Å². The Morgan fingerprint density at radius 3 is 2.71 bits per heavy atom. The molecule has 0 saturated carbocycles. The minimum atomic E-state index is -3.34. The third-order valence-electron chi connectivity index (χ3n) is 1.81. The molecular formula is C9H14O3S2. The second-order valence-corrected chi connectivity index (χ2v) is 5.55. The first-order valence-corrected chi connectivity index (χ1v) is 7.16. The van der Waals surface area contributed by atoms with Crippen LogP contribution in [0.25, 0.3) is 0 Å². The molecule has 1 rings (SSSR count). The number of hydrogen-bond acceptors (Lipinski definition) is 4. The first-order valence-electron chi connectivity index (χ1n) is 4.40. The standard InChI is InChI=1S/C9H14O3S2/c1-3-9(12-14(2,10)11)6-8-4-5-13-7-8/h4-5,7,9H,3,6H2,1-2H3. The van der Waals surface area contributed by atoms with E-state index in [1.807, 2.05) is 23.8 Å². The lowest BCUT2D eigenvalue weighted by Gasteiger charge is -2.12. The van der Waals surface area contributed by atoms with Crippen molar-refractivity contribution in [2.45, 2.75) is 25.9 Å². The number of hydrogen-bond donors (Lipinski definition) is 0. The van der Waals surface area contributed by atoms with Crippen molar-refractivity contribution in [1.29, 1.82) is 0 Å². The molecule has 0 aliphatic rings. The van der Waals surface area contributed by atoms with E-state index in [1.54, 1.807) is 11.3 Å². The summed E-state index contributed by atoms with van der Waals surface area (Å²) in [5.41, 5.74) is 1.13. The summed E-state index contributed by atoms with van der Waals surface area (Å²) >= 11 is 1.61. The summed E-state index contributed by atoms with van der Waals surface area (Å²) < 4.78 is 26.8. The summed E-state index contributed by atoms with van der Waals surface area (Å²) in [4.78, 5) is 0. The van der Waals surface area contributed by atoms with Crippen LogP contribution in [0.5, 0.6) is 0 Å². The van der Waals surface area contributed by atoms with Crippen LogP contribution in [-0.4, -0.2) is 20.8 Å². The zero-order chi connectivity index (χ0) is 10.6. The first-order chi connectivity index (χ1) is 6.51. The smallest absolute Gasteiger partial charge is 0.264 e. The van der Waals surface area contributed by atoms with Gasteiger partial charge in [0.25, 0.3) is 10.1 Å². The average Bonchev–Trinajstić information content (AvgIpc) is 2.53. The molecule has 0 spiro atoms. The average molecular weight is 234 g/mol. The van der Waals surface area contributed by atoms with Crippen molar-refractivity contribution >= 4 is 21.5 Å². The molecular weight excluding hydrogens is 220 g/mol. The van der Waals surface area contributed by atoms with Gasteiger partial charge in [0.15, 0.2) is 0 Å². The second kappa shape index (κ2) is 4.91. The van der Waals surface area contributed by atoms with Gasteiger partial charge in [0.05, 0.1) is 12.4 Å². The molecule has 0 fully saturated rings. The highest BCUT2D eigenvalue weighted by Gasteiger charge is 2.14. The van der Waals surface area contributed by atoms with Crippen molar-refractivity contribution in [3.63, 3.8) is 0 Å². The minimum Gasteiger partial charge on any atom is -0.267 e. The molecule has 1 heterocycles. The molecule has 0 aromatic carbocycles. The van der Waals surface area contributed by atoms with Gasteiger partial charge >= 0.3 is 0 Å². The van der Waals surface area contributed by atoms with Crippen LogP contribution in [0.1, 0.15) is 18.9 Å². The van der Waals surface area contributed by atoms with E-state index >= 15 is 0 Å². The van der Waals surface area contributed by atoms with E-state index in [2.05, 4.69) is 0 Å². The Morgan fingerprint density at radius 2 is 2.29 bits per heavy atom. The molecule has 0 N–H and O–H groups in total. The Morgan fingerprint density at radius 1 is 1.57 bits per heavy atom. The number of rotatable bonds is 5. The van der Waals surface area contributed by atoms with Gasteiger partial charge in [-0.25, -0.2) is 0 Å². The third-order valence-corrected chi connectivity index (χ3v) is 3.16. The van der Waals surface area contributed by atoms with E-state index in [0.29, 0.717) is 12.8 Å². The molecule has 0 bridgehead atoms. The SMILES string of the molecule is CCC(Cc1ccsc1)OS(C)(=O)=O. The lowest BCUT2D eigenvalue weighted by molar-refractivity contribution is 0.207. The quantitative estimate of drug-likeness (QED) is 0.732. The van der Waals surface area contributed by atoms with Crippen molar-refractivity contribution in [2.24, 2.45) is 0 Å². The molecule has 0 radical (unpaired) electrons.